The Kier molecular flexibility index (Phi) is 6.08. The van der Waals surface area contributed by atoms with Crippen molar-refractivity contribution in [3.05, 3.63) is 82.9 Å². The van der Waals surface area contributed by atoms with Gasteiger partial charge < -0.3 is 19.1 Å². The van der Waals surface area contributed by atoms with Crippen molar-refractivity contribution < 1.29 is 19.4 Å². The van der Waals surface area contributed by atoms with Crippen molar-refractivity contribution in [3.8, 4) is 5.88 Å². The molecule has 1 N–H and O–H groups in total. The van der Waals surface area contributed by atoms with Crippen LogP contribution >= 0.6 is 0 Å². The van der Waals surface area contributed by atoms with Crippen LogP contribution in [0, 0.1) is 0 Å². The monoisotopic (exact) mass is 485 g/mol. The topological polar surface area (TPSA) is 103 Å². The Morgan fingerprint density at radius 2 is 1.94 bits per heavy atom. The maximum absolute atomic E-state index is 11.5. The summed E-state index contributed by atoms with van der Waals surface area (Å²) in [5.74, 6) is 0.435. The third-order valence-corrected chi connectivity index (χ3v) is 6.78. The summed E-state index contributed by atoms with van der Waals surface area (Å²) in [6, 6.07) is 17.4. The first-order chi connectivity index (χ1) is 17.6. The molecule has 0 bridgehead atoms. The van der Waals surface area contributed by atoms with Crippen LogP contribution in [0.3, 0.4) is 0 Å². The van der Waals surface area contributed by atoms with Crippen LogP contribution in [-0.2, 0) is 37.4 Å². The van der Waals surface area contributed by atoms with E-state index in [0.29, 0.717) is 43.3 Å². The zero-order valence-electron chi connectivity index (χ0n) is 19.8. The van der Waals surface area contributed by atoms with Crippen molar-refractivity contribution in [2.75, 3.05) is 13.2 Å². The molecule has 0 spiro atoms. The first-order valence-corrected chi connectivity index (χ1v) is 12.2. The van der Waals surface area contributed by atoms with E-state index in [9.17, 15) is 9.90 Å². The third-order valence-electron chi connectivity index (χ3n) is 6.78. The highest BCUT2D eigenvalue weighted by atomic mass is 16.5. The minimum atomic E-state index is -1.05. The van der Waals surface area contributed by atoms with Gasteiger partial charge in [0.1, 0.15) is 17.9 Å². The van der Waals surface area contributed by atoms with Crippen LogP contribution < -0.4 is 4.74 Å². The van der Waals surface area contributed by atoms with Crippen molar-refractivity contribution in [2.45, 2.75) is 45.2 Å². The molecule has 0 radical (unpaired) electrons. The number of nitrogens with zero attached hydrogens (tertiary/aromatic N) is 5. The van der Waals surface area contributed by atoms with E-state index in [1.807, 2.05) is 41.0 Å². The quantitative estimate of drug-likeness (QED) is 0.405. The number of rotatable bonds is 8. The molecule has 2 aliphatic rings. The zero-order chi connectivity index (χ0) is 24.5. The number of carboxylic acids is 1. The first-order valence-electron chi connectivity index (χ1n) is 12.2. The molecule has 0 unspecified atom stereocenters. The Balaban J connectivity index is 1.21. The number of carbonyl (C=O) groups is 1. The number of pyridine rings is 2. The average Bonchev–Trinajstić information content (AvgIpc) is 3.21. The lowest BCUT2D eigenvalue weighted by Crippen LogP contribution is -2.34. The number of fused-ring (bicyclic) bond motifs is 2. The summed E-state index contributed by atoms with van der Waals surface area (Å²) in [6.45, 7) is 4.03. The summed E-state index contributed by atoms with van der Waals surface area (Å²) in [5, 5.41) is 9.42. The Morgan fingerprint density at radius 3 is 2.72 bits per heavy atom. The van der Waals surface area contributed by atoms with Crippen molar-refractivity contribution >= 4 is 17.1 Å². The van der Waals surface area contributed by atoms with Crippen molar-refractivity contribution in [2.24, 2.45) is 0 Å². The zero-order valence-corrected chi connectivity index (χ0v) is 19.8. The fourth-order valence-corrected chi connectivity index (χ4v) is 4.70. The minimum absolute atomic E-state index is 0.0175. The molecule has 0 aliphatic carbocycles. The smallest absolute Gasteiger partial charge is 0.354 e. The molecule has 1 atom stereocenters. The highest BCUT2D eigenvalue weighted by Crippen LogP contribution is 2.25. The summed E-state index contributed by atoms with van der Waals surface area (Å²) in [5.41, 5.74) is 4.66. The fraction of sp³-hybridized carbons (Fsp3) is 0.333. The summed E-state index contributed by atoms with van der Waals surface area (Å²) in [4.78, 5) is 27.8. The van der Waals surface area contributed by atoms with Crippen LogP contribution in [0.25, 0.3) is 11.2 Å². The highest BCUT2D eigenvalue weighted by Gasteiger charge is 2.25. The Hall–Kier alpha value is -3.82. The molecule has 3 aromatic heterocycles. The second kappa shape index (κ2) is 9.67. The van der Waals surface area contributed by atoms with E-state index in [0.717, 1.165) is 43.1 Å². The summed E-state index contributed by atoms with van der Waals surface area (Å²) >= 11 is 0. The van der Waals surface area contributed by atoms with Crippen molar-refractivity contribution in [1.82, 2.24) is 24.4 Å². The van der Waals surface area contributed by atoms with Gasteiger partial charge in [0.25, 0.3) is 0 Å². The van der Waals surface area contributed by atoms with Gasteiger partial charge in [0.2, 0.25) is 5.88 Å². The van der Waals surface area contributed by atoms with E-state index >= 15 is 0 Å². The van der Waals surface area contributed by atoms with E-state index in [1.54, 1.807) is 6.07 Å². The second-order valence-electron chi connectivity index (χ2n) is 9.25. The van der Waals surface area contributed by atoms with Gasteiger partial charge in [0.05, 0.1) is 24.9 Å². The average molecular weight is 486 g/mol. The number of carboxylic acid groups (broad SMARTS) is 1. The number of ether oxygens (including phenoxy) is 2. The van der Waals surface area contributed by atoms with Crippen molar-refractivity contribution in [3.63, 3.8) is 0 Å². The molecule has 6 rings (SSSR count). The van der Waals surface area contributed by atoms with Crippen LogP contribution in [0.4, 0.5) is 0 Å². The molecular weight excluding hydrogens is 458 g/mol. The Labute approximate surface area is 208 Å². The van der Waals surface area contributed by atoms with Gasteiger partial charge in [0.15, 0.2) is 11.3 Å². The Morgan fingerprint density at radius 1 is 1.08 bits per heavy atom. The fourth-order valence-electron chi connectivity index (χ4n) is 4.70. The van der Waals surface area contributed by atoms with E-state index in [1.165, 1.54) is 11.6 Å². The third kappa shape index (κ3) is 4.67. The van der Waals surface area contributed by atoms with E-state index in [4.69, 9.17) is 19.4 Å². The van der Waals surface area contributed by atoms with Crippen LogP contribution in [0.15, 0.2) is 54.6 Å². The molecule has 4 aromatic rings. The van der Waals surface area contributed by atoms with E-state index in [2.05, 4.69) is 16.0 Å². The van der Waals surface area contributed by atoms with E-state index in [-0.39, 0.29) is 11.8 Å². The Bertz CT molecular complexity index is 1400. The number of imidazole rings is 1. The lowest BCUT2D eigenvalue weighted by Gasteiger charge is -2.30. The standard InChI is InChI=1S/C27H27N5O4/c33-27(34)22-8-7-21-26(30-22)32(14-20-11-13-35-20)24(28-21)16-31-12-10-19-6-9-25(29-23(19)15-31)36-17-18-4-2-1-3-5-18/h1-9,20H,10-17H2,(H,33,34)/t20-/m0/s1. The molecule has 1 fully saturated rings. The van der Waals surface area contributed by atoms with E-state index < -0.39 is 5.97 Å². The highest BCUT2D eigenvalue weighted by molar-refractivity contribution is 5.88. The number of benzene rings is 1. The molecule has 0 saturated carbocycles. The summed E-state index contributed by atoms with van der Waals surface area (Å²) in [7, 11) is 0. The normalized spacial score (nSPS) is 17.5. The number of hydrogen-bond acceptors (Lipinski definition) is 7. The van der Waals surface area contributed by atoms with Gasteiger partial charge in [-0.05, 0) is 36.1 Å². The summed E-state index contributed by atoms with van der Waals surface area (Å²) < 4.78 is 13.6. The number of aromatic nitrogens is 4. The number of hydrogen-bond donors (Lipinski definition) is 1. The molecule has 1 saturated heterocycles. The molecule has 0 amide bonds. The largest absolute Gasteiger partial charge is 0.477 e. The predicted molar refractivity (Wildman–Crippen MR) is 132 cm³/mol. The van der Waals surface area contributed by atoms with Gasteiger partial charge in [-0.1, -0.05) is 36.4 Å². The maximum Gasteiger partial charge on any atom is 0.354 e. The molecule has 184 valence electrons. The van der Waals surface area contributed by atoms with Crippen LogP contribution in [0.2, 0.25) is 0 Å². The van der Waals surface area contributed by atoms with Crippen LogP contribution in [-0.4, -0.2) is 54.8 Å². The molecule has 2 aliphatic heterocycles. The predicted octanol–water partition coefficient (Wildman–Crippen LogP) is 3.45. The van der Waals surface area contributed by atoms with Gasteiger partial charge in [-0.15, -0.1) is 0 Å². The van der Waals surface area contributed by atoms with Gasteiger partial charge in [-0.2, -0.15) is 0 Å². The lowest BCUT2D eigenvalue weighted by molar-refractivity contribution is -0.0592. The molecule has 36 heavy (non-hydrogen) atoms. The second-order valence-corrected chi connectivity index (χ2v) is 9.25. The number of aromatic carboxylic acids is 1. The summed E-state index contributed by atoms with van der Waals surface area (Å²) in [6.07, 6.45) is 1.98. The maximum atomic E-state index is 11.5. The first kappa shape index (κ1) is 22.6. The molecule has 9 heteroatoms. The van der Waals surface area contributed by atoms with Gasteiger partial charge in [-0.25, -0.2) is 19.7 Å². The minimum Gasteiger partial charge on any atom is -0.477 e. The SMILES string of the molecule is O=C(O)c1ccc2nc(CN3CCc4ccc(OCc5ccccc5)nc4C3)n(C[C@@H]3CCO3)c2n1. The molecule has 9 nitrogen and oxygen atoms in total. The van der Waals surface area contributed by atoms with Gasteiger partial charge in [0, 0.05) is 25.8 Å². The van der Waals surface area contributed by atoms with Gasteiger partial charge >= 0.3 is 5.97 Å². The molecule has 5 heterocycles. The lowest BCUT2D eigenvalue weighted by atomic mass is 10.1. The van der Waals surface area contributed by atoms with Crippen LogP contribution in [0.1, 0.15) is 39.6 Å². The van der Waals surface area contributed by atoms with Crippen LogP contribution in [0.5, 0.6) is 5.88 Å². The van der Waals surface area contributed by atoms with Gasteiger partial charge in [-0.3, -0.25) is 4.90 Å². The molecule has 1 aromatic carbocycles. The van der Waals surface area contributed by atoms with Crippen molar-refractivity contribution in [1.29, 1.82) is 0 Å². The molecular formula is C27H27N5O4.